The largest absolute Gasteiger partial charge is 0.478 e. The molecule has 0 amide bonds. The molecule has 1 rings (SSSR count). The number of ether oxygens (including phenoxy) is 1. The van der Waals surface area contributed by atoms with Gasteiger partial charge in [-0.25, -0.2) is 4.79 Å². The minimum absolute atomic E-state index is 0.0647. The molecule has 5 heteroatoms. The fourth-order valence-electron chi connectivity index (χ4n) is 0.812. The molecule has 0 bridgehead atoms. The number of carbonyl (C=O) groups excluding carboxylic acids is 1. The van der Waals surface area contributed by atoms with Crippen molar-refractivity contribution in [3.8, 4) is 0 Å². The van der Waals surface area contributed by atoms with Crippen LogP contribution in [0.5, 0.6) is 0 Å². The molecule has 0 saturated heterocycles. The lowest BCUT2D eigenvalue weighted by Gasteiger charge is -2.00. The molecule has 0 fully saturated rings. The molecule has 0 aliphatic carbocycles. The third-order valence-corrected chi connectivity index (χ3v) is 1.50. The predicted octanol–water partition coefficient (Wildman–Crippen LogP) is 0.843. The molecule has 0 saturated carbocycles. The highest BCUT2D eigenvalue weighted by atomic mass is 16.5. The molecule has 0 radical (unpaired) electrons. The Morgan fingerprint density at radius 1 is 1.50 bits per heavy atom. The molecule has 1 heterocycles. The SMILES string of the molecule is CC(=O)OCc1ccc(C(=O)O)cn1. The van der Waals surface area contributed by atoms with Crippen LogP contribution in [0, 0.1) is 0 Å². The molecular weight excluding hydrogens is 186 g/mol. The average molecular weight is 195 g/mol. The van der Waals surface area contributed by atoms with Crippen LogP contribution in [0.3, 0.4) is 0 Å². The van der Waals surface area contributed by atoms with E-state index in [2.05, 4.69) is 9.72 Å². The number of esters is 1. The van der Waals surface area contributed by atoms with E-state index in [-0.39, 0.29) is 12.2 Å². The average Bonchev–Trinajstić information content (AvgIpc) is 2.15. The first-order chi connectivity index (χ1) is 6.59. The van der Waals surface area contributed by atoms with Gasteiger partial charge in [-0.1, -0.05) is 0 Å². The topological polar surface area (TPSA) is 76.5 Å². The van der Waals surface area contributed by atoms with Gasteiger partial charge in [0.2, 0.25) is 0 Å². The van der Waals surface area contributed by atoms with Crippen LogP contribution in [0.2, 0.25) is 0 Å². The zero-order valence-electron chi connectivity index (χ0n) is 7.56. The minimum atomic E-state index is -1.03. The number of nitrogens with zero attached hydrogens (tertiary/aromatic N) is 1. The number of hydrogen-bond acceptors (Lipinski definition) is 4. The number of hydrogen-bond donors (Lipinski definition) is 1. The van der Waals surface area contributed by atoms with Crippen molar-refractivity contribution in [1.29, 1.82) is 0 Å². The van der Waals surface area contributed by atoms with Gasteiger partial charge < -0.3 is 9.84 Å². The van der Waals surface area contributed by atoms with E-state index < -0.39 is 11.9 Å². The number of pyridine rings is 1. The smallest absolute Gasteiger partial charge is 0.337 e. The molecule has 0 atom stereocenters. The van der Waals surface area contributed by atoms with Crippen LogP contribution in [0.25, 0.3) is 0 Å². The number of carbonyl (C=O) groups is 2. The quantitative estimate of drug-likeness (QED) is 0.723. The summed E-state index contributed by atoms with van der Waals surface area (Å²) >= 11 is 0. The summed E-state index contributed by atoms with van der Waals surface area (Å²) in [7, 11) is 0. The van der Waals surface area contributed by atoms with Crippen molar-refractivity contribution in [3.63, 3.8) is 0 Å². The second-order valence-electron chi connectivity index (χ2n) is 2.62. The van der Waals surface area contributed by atoms with Gasteiger partial charge in [-0.2, -0.15) is 0 Å². The van der Waals surface area contributed by atoms with E-state index in [9.17, 15) is 9.59 Å². The van der Waals surface area contributed by atoms with Gasteiger partial charge in [-0.3, -0.25) is 9.78 Å². The molecule has 0 aliphatic rings. The first-order valence-electron chi connectivity index (χ1n) is 3.91. The Bertz CT molecular complexity index is 344. The highest BCUT2D eigenvalue weighted by Gasteiger charge is 2.03. The van der Waals surface area contributed by atoms with E-state index in [1.165, 1.54) is 25.3 Å². The minimum Gasteiger partial charge on any atom is -0.478 e. The number of aromatic carboxylic acids is 1. The molecule has 0 aliphatic heterocycles. The van der Waals surface area contributed by atoms with E-state index in [1.54, 1.807) is 0 Å². The van der Waals surface area contributed by atoms with E-state index in [0.29, 0.717) is 5.69 Å². The zero-order valence-corrected chi connectivity index (χ0v) is 7.56. The fourth-order valence-corrected chi connectivity index (χ4v) is 0.812. The first kappa shape index (κ1) is 10.2. The molecule has 14 heavy (non-hydrogen) atoms. The zero-order chi connectivity index (χ0) is 10.6. The Hall–Kier alpha value is -1.91. The lowest BCUT2D eigenvalue weighted by Crippen LogP contribution is -2.02. The lowest BCUT2D eigenvalue weighted by atomic mass is 10.2. The second kappa shape index (κ2) is 4.36. The van der Waals surface area contributed by atoms with Crippen LogP contribution in [0.1, 0.15) is 23.0 Å². The van der Waals surface area contributed by atoms with Gasteiger partial charge in [0.1, 0.15) is 6.61 Å². The standard InChI is InChI=1S/C9H9NO4/c1-6(11)14-5-8-3-2-7(4-10-8)9(12)13/h2-4H,5H2,1H3,(H,12,13). The van der Waals surface area contributed by atoms with Crippen molar-refractivity contribution in [2.45, 2.75) is 13.5 Å². The van der Waals surface area contributed by atoms with Gasteiger partial charge in [0, 0.05) is 13.1 Å². The molecule has 5 nitrogen and oxygen atoms in total. The van der Waals surface area contributed by atoms with Gasteiger partial charge in [0.05, 0.1) is 11.3 Å². The highest BCUT2D eigenvalue weighted by Crippen LogP contribution is 2.01. The molecule has 74 valence electrons. The van der Waals surface area contributed by atoms with Crippen molar-refractivity contribution in [3.05, 3.63) is 29.6 Å². The van der Waals surface area contributed by atoms with Crippen molar-refractivity contribution < 1.29 is 19.4 Å². The molecule has 1 aromatic heterocycles. The summed E-state index contributed by atoms with van der Waals surface area (Å²) in [6.07, 6.45) is 1.22. The van der Waals surface area contributed by atoms with Crippen molar-refractivity contribution in [2.24, 2.45) is 0 Å². The maximum Gasteiger partial charge on any atom is 0.337 e. The second-order valence-corrected chi connectivity index (χ2v) is 2.62. The van der Waals surface area contributed by atoms with Crippen molar-refractivity contribution >= 4 is 11.9 Å². The van der Waals surface area contributed by atoms with Gasteiger partial charge in [-0.15, -0.1) is 0 Å². The van der Waals surface area contributed by atoms with Crippen molar-refractivity contribution in [1.82, 2.24) is 4.98 Å². The van der Waals surface area contributed by atoms with E-state index in [0.717, 1.165) is 0 Å². The summed E-state index contributed by atoms with van der Waals surface area (Å²) in [5.41, 5.74) is 0.627. The Morgan fingerprint density at radius 3 is 2.64 bits per heavy atom. The summed E-state index contributed by atoms with van der Waals surface area (Å²) < 4.78 is 4.68. The Kier molecular flexibility index (Phi) is 3.17. The lowest BCUT2D eigenvalue weighted by molar-refractivity contribution is -0.142. The Labute approximate surface area is 80.3 Å². The summed E-state index contributed by atoms with van der Waals surface area (Å²) in [4.78, 5) is 24.7. The maximum absolute atomic E-state index is 10.5. The normalized spacial score (nSPS) is 9.50. The van der Waals surface area contributed by atoms with Crippen molar-refractivity contribution in [2.75, 3.05) is 0 Å². The van der Waals surface area contributed by atoms with E-state index in [1.807, 2.05) is 0 Å². The number of carboxylic acid groups (broad SMARTS) is 1. The van der Waals surface area contributed by atoms with Gasteiger partial charge >= 0.3 is 11.9 Å². The summed E-state index contributed by atoms with van der Waals surface area (Å²) in [5, 5.41) is 8.57. The molecular formula is C9H9NO4. The number of rotatable bonds is 3. The van der Waals surface area contributed by atoms with Crippen LogP contribution in [-0.4, -0.2) is 22.0 Å². The van der Waals surface area contributed by atoms with Crippen LogP contribution < -0.4 is 0 Å². The number of carboxylic acids is 1. The third-order valence-electron chi connectivity index (χ3n) is 1.50. The Morgan fingerprint density at radius 2 is 2.21 bits per heavy atom. The summed E-state index contributed by atoms with van der Waals surface area (Å²) in [6.45, 7) is 1.36. The Balaban J connectivity index is 2.64. The maximum atomic E-state index is 10.5. The van der Waals surface area contributed by atoms with Gasteiger partial charge in [0.25, 0.3) is 0 Å². The fraction of sp³-hybridized carbons (Fsp3) is 0.222. The van der Waals surface area contributed by atoms with Gasteiger partial charge in [0.15, 0.2) is 0 Å². The van der Waals surface area contributed by atoms with Crippen LogP contribution in [-0.2, 0) is 16.1 Å². The molecule has 0 aromatic carbocycles. The van der Waals surface area contributed by atoms with Gasteiger partial charge in [-0.05, 0) is 12.1 Å². The third kappa shape index (κ3) is 2.85. The predicted molar refractivity (Wildman–Crippen MR) is 46.7 cm³/mol. The molecule has 1 aromatic rings. The molecule has 1 N–H and O–H groups in total. The first-order valence-corrected chi connectivity index (χ1v) is 3.91. The summed E-state index contributed by atoms with van der Waals surface area (Å²) in [5.74, 6) is -1.43. The van der Waals surface area contributed by atoms with E-state index in [4.69, 9.17) is 5.11 Å². The van der Waals surface area contributed by atoms with Crippen LogP contribution >= 0.6 is 0 Å². The van der Waals surface area contributed by atoms with Crippen LogP contribution in [0.15, 0.2) is 18.3 Å². The number of aromatic nitrogens is 1. The molecule has 0 spiro atoms. The van der Waals surface area contributed by atoms with Crippen LogP contribution in [0.4, 0.5) is 0 Å². The monoisotopic (exact) mass is 195 g/mol. The highest BCUT2D eigenvalue weighted by molar-refractivity contribution is 5.87. The van der Waals surface area contributed by atoms with E-state index >= 15 is 0 Å². The summed E-state index contributed by atoms with van der Waals surface area (Å²) in [6, 6.07) is 2.92. The molecule has 0 unspecified atom stereocenters.